The van der Waals surface area contributed by atoms with Gasteiger partial charge in [0.2, 0.25) is 0 Å². The molecule has 2 atom stereocenters. The van der Waals surface area contributed by atoms with E-state index in [4.69, 9.17) is 9.57 Å². The first kappa shape index (κ1) is 23.2. The molecule has 1 heterocycles. The van der Waals surface area contributed by atoms with Gasteiger partial charge in [0.25, 0.3) is 11.8 Å². The summed E-state index contributed by atoms with van der Waals surface area (Å²) in [5.41, 5.74) is -0.968. The van der Waals surface area contributed by atoms with Crippen LogP contribution in [0.4, 0.5) is 0 Å². The summed E-state index contributed by atoms with van der Waals surface area (Å²) in [6.45, 7) is 0. The van der Waals surface area contributed by atoms with Crippen molar-refractivity contribution in [2.75, 3.05) is 0 Å². The van der Waals surface area contributed by atoms with Gasteiger partial charge in [-0.25, -0.2) is 9.59 Å². The monoisotopic (exact) mass is 775 g/mol. The second kappa shape index (κ2) is 8.31. The van der Waals surface area contributed by atoms with Crippen LogP contribution < -0.4 is 0 Å². The molecule has 0 aromatic heterocycles. The molecule has 10 heteroatoms. The van der Waals surface area contributed by atoms with Crippen LogP contribution in [0.1, 0.15) is 61.7 Å². The molecular weight excluding hydrogens is 755 g/mol. The van der Waals surface area contributed by atoms with Gasteiger partial charge in [0.15, 0.2) is 0 Å². The highest BCUT2D eigenvalue weighted by molar-refractivity contribution is 14.1. The molecule has 1 saturated heterocycles. The van der Waals surface area contributed by atoms with Gasteiger partial charge in [0, 0.05) is 30.0 Å². The van der Waals surface area contributed by atoms with Crippen LogP contribution >= 0.6 is 67.8 Å². The Hall–Kier alpha value is -0.510. The van der Waals surface area contributed by atoms with E-state index in [1.807, 2.05) is 12.1 Å². The third kappa shape index (κ3) is 3.89. The highest BCUT2D eigenvalue weighted by Gasteiger charge is 2.63. The minimum atomic E-state index is -0.821. The zero-order chi connectivity index (χ0) is 22.8. The van der Waals surface area contributed by atoms with E-state index in [9.17, 15) is 19.2 Å². The molecule has 2 unspecified atom stereocenters. The van der Waals surface area contributed by atoms with Crippen LogP contribution in [-0.4, -0.2) is 34.4 Å². The maximum Gasteiger partial charge on any atom is 0.340 e. The molecule has 1 aliphatic heterocycles. The number of nitrogens with zero attached hydrogens (tertiary/aromatic N) is 1. The van der Waals surface area contributed by atoms with Gasteiger partial charge in [-0.15, -0.1) is 5.06 Å². The van der Waals surface area contributed by atoms with E-state index >= 15 is 0 Å². The lowest BCUT2D eigenvalue weighted by Gasteiger charge is -2.59. The fourth-order valence-corrected chi connectivity index (χ4v) is 8.66. The standard InChI is InChI=1S/C22H20I3NO6/c23-13-1-2-14(24)18(25)17(13)19(29)31-22-8-11-5-12(9-22)7-21(6-11,10-22)20(30)32-26-15(27)3-4-16(26)28/h1-2,11-12H,3-10H2. The average molecular weight is 775 g/mol. The molecule has 4 aliphatic carbocycles. The van der Waals surface area contributed by atoms with Crippen LogP contribution in [0.5, 0.6) is 0 Å². The van der Waals surface area contributed by atoms with E-state index in [0.717, 1.165) is 30.0 Å². The Labute approximate surface area is 226 Å². The summed E-state index contributed by atoms with van der Waals surface area (Å²) in [6, 6.07) is 3.88. The van der Waals surface area contributed by atoms with E-state index in [1.54, 1.807) is 0 Å². The largest absolute Gasteiger partial charge is 0.455 e. The molecule has 6 rings (SSSR count). The number of hydroxylamine groups is 2. The molecule has 1 aromatic carbocycles. The third-order valence-electron chi connectivity index (χ3n) is 7.18. The molecule has 4 saturated carbocycles. The molecule has 32 heavy (non-hydrogen) atoms. The Kier molecular flexibility index (Phi) is 6.04. The average Bonchev–Trinajstić information content (AvgIpc) is 3.01. The van der Waals surface area contributed by atoms with Gasteiger partial charge in [-0.1, -0.05) is 0 Å². The Bertz CT molecular complexity index is 1030. The molecule has 7 nitrogen and oxygen atoms in total. The van der Waals surface area contributed by atoms with Crippen molar-refractivity contribution >= 4 is 91.5 Å². The summed E-state index contributed by atoms with van der Waals surface area (Å²) < 4.78 is 8.92. The molecule has 5 fully saturated rings. The topological polar surface area (TPSA) is 90.0 Å². The summed E-state index contributed by atoms with van der Waals surface area (Å²) in [7, 11) is 0. The number of carbonyl (C=O) groups is 4. The number of carbonyl (C=O) groups excluding carboxylic acids is 4. The van der Waals surface area contributed by atoms with Gasteiger partial charge in [-0.05, 0) is 124 Å². The number of amides is 2. The zero-order valence-corrected chi connectivity index (χ0v) is 23.5. The SMILES string of the molecule is O=C(OC12CC3CC(C1)CC(C(=O)ON1C(=O)CCC1=O)(C3)C2)c1c(I)ccc(I)c1I. The minimum Gasteiger partial charge on any atom is -0.455 e. The van der Waals surface area contributed by atoms with E-state index in [2.05, 4.69) is 67.8 Å². The number of hydrogen-bond donors (Lipinski definition) is 0. The smallest absolute Gasteiger partial charge is 0.340 e. The quantitative estimate of drug-likeness (QED) is 0.193. The van der Waals surface area contributed by atoms with Gasteiger partial charge in [-0.2, -0.15) is 0 Å². The van der Waals surface area contributed by atoms with Gasteiger partial charge < -0.3 is 9.57 Å². The van der Waals surface area contributed by atoms with Crippen molar-refractivity contribution in [2.45, 2.75) is 57.0 Å². The number of hydrogen-bond acceptors (Lipinski definition) is 6. The van der Waals surface area contributed by atoms with E-state index in [-0.39, 0.29) is 30.6 Å². The van der Waals surface area contributed by atoms with Crippen molar-refractivity contribution in [3.63, 3.8) is 0 Å². The van der Waals surface area contributed by atoms with Crippen molar-refractivity contribution in [1.82, 2.24) is 5.06 Å². The lowest BCUT2D eigenvalue weighted by molar-refractivity contribution is -0.225. The van der Waals surface area contributed by atoms with E-state index in [1.165, 1.54) is 0 Å². The summed E-state index contributed by atoms with van der Waals surface area (Å²) in [6.07, 6.45) is 4.30. The van der Waals surface area contributed by atoms with Crippen molar-refractivity contribution < 1.29 is 28.8 Å². The minimum absolute atomic E-state index is 0.0685. The van der Waals surface area contributed by atoms with Gasteiger partial charge in [0.05, 0.1) is 11.0 Å². The molecule has 5 aliphatic rings. The van der Waals surface area contributed by atoms with E-state index < -0.39 is 28.8 Å². The van der Waals surface area contributed by atoms with Crippen LogP contribution in [0.3, 0.4) is 0 Å². The summed E-state index contributed by atoms with van der Waals surface area (Å²) in [5, 5.41) is 0.635. The Morgan fingerprint density at radius 1 is 0.938 bits per heavy atom. The summed E-state index contributed by atoms with van der Waals surface area (Å²) >= 11 is 6.53. The molecule has 0 spiro atoms. The second-order valence-corrected chi connectivity index (χ2v) is 12.9. The zero-order valence-electron chi connectivity index (χ0n) is 17.0. The maximum atomic E-state index is 13.3. The maximum absolute atomic E-state index is 13.3. The van der Waals surface area contributed by atoms with Crippen LogP contribution in [0.15, 0.2) is 12.1 Å². The number of imide groups is 1. The normalized spacial score (nSPS) is 33.0. The molecule has 2 amide bonds. The first-order valence-corrected chi connectivity index (χ1v) is 13.8. The van der Waals surface area contributed by atoms with Gasteiger partial charge in [0.1, 0.15) is 5.60 Å². The number of ether oxygens (including phenoxy) is 1. The fraction of sp³-hybridized carbons (Fsp3) is 0.545. The van der Waals surface area contributed by atoms with Gasteiger partial charge in [-0.3, -0.25) is 9.59 Å². The lowest BCUT2D eigenvalue weighted by atomic mass is 9.48. The van der Waals surface area contributed by atoms with Gasteiger partial charge >= 0.3 is 11.9 Å². The predicted octanol–water partition coefficient (Wildman–Crippen LogP) is 4.60. The first-order chi connectivity index (χ1) is 15.1. The van der Waals surface area contributed by atoms with Crippen LogP contribution in [0, 0.1) is 28.0 Å². The Morgan fingerprint density at radius 2 is 1.53 bits per heavy atom. The van der Waals surface area contributed by atoms with Crippen molar-refractivity contribution in [3.8, 4) is 0 Å². The Balaban J connectivity index is 1.41. The molecule has 170 valence electrons. The number of halogens is 3. The predicted molar refractivity (Wildman–Crippen MR) is 137 cm³/mol. The van der Waals surface area contributed by atoms with Crippen molar-refractivity contribution in [2.24, 2.45) is 17.3 Å². The van der Waals surface area contributed by atoms with Crippen molar-refractivity contribution in [1.29, 1.82) is 0 Å². The van der Waals surface area contributed by atoms with E-state index in [0.29, 0.717) is 29.9 Å². The van der Waals surface area contributed by atoms with Crippen LogP contribution in [-0.2, 0) is 24.0 Å². The lowest BCUT2D eigenvalue weighted by Crippen LogP contribution is -2.60. The molecular formula is C22H20I3NO6. The highest BCUT2D eigenvalue weighted by atomic mass is 127. The van der Waals surface area contributed by atoms with Crippen LogP contribution in [0.25, 0.3) is 0 Å². The summed E-state index contributed by atoms with van der Waals surface area (Å²) in [5.74, 6) is -1.32. The second-order valence-electron chi connectivity index (χ2n) is 9.49. The molecule has 0 radical (unpaired) electrons. The number of benzene rings is 1. The third-order valence-corrected chi connectivity index (χ3v) is 11.1. The molecule has 4 bridgehead atoms. The highest BCUT2D eigenvalue weighted by Crippen LogP contribution is 2.63. The number of rotatable bonds is 4. The molecule has 0 N–H and O–H groups in total. The molecule has 1 aromatic rings. The van der Waals surface area contributed by atoms with Crippen LogP contribution in [0.2, 0.25) is 0 Å². The Morgan fingerprint density at radius 3 is 2.16 bits per heavy atom. The number of esters is 1. The van der Waals surface area contributed by atoms with Crippen molar-refractivity contribution in [3.05, 3.63) is 28.4 Å². The first-order valence-electron chi connectivity index (χ1n) is 10.6. The fourth-order valence-electron chi connectivity index (χ4n) is 6.34. The summed E-state index contributed by atoms with van der Waals surface area (Å²) in [4.78, 5) is 55.9.